The molecule has 0 fully saturated rings. The molecule has 0 aliphatic heterocycles. The van der Waals surface area contributed by atoms with Gasteiger partial charge in [-0.2, -0.15) is 0 Å². The third-order valence-electron chi connectivity index (χ3n) is 3.64. The minimum Gasteiger partial charge on any atom is -0.496 e. The summed E-state index contributed by atoms with van der Waals surface area (Å²) in [5.41, 5.74) is 2.25. The van der Waals surface area contributed by atoms with E-state index < -0.39 is 0 Å². The molecule has 3 nitrogen and oxygen atoms in total. The van der Waals surface area contributed by atoms with E-state index >= 15 is 0 Å². The van der Waals surface area contributed by atoms with Gasteiger partial charge in [0.05, 0.1) is 29.4 Å². The molecule has 0 N–H and O–H groups in total. The lowest BCUT2D eigenvalue weighted by Crippen LogP contribution is -1.97. The molecule has 2 heterocycles. The molecule has 0 aliphatic carbocycles. The van der Waals surface area contributed by atoms with E-state index in [2.05, 4.69) is 41.1 Å². The molecule has 0 atom stereocenters. The zero-order chi connectivity index (χ0) is 14.2. The third kappa shape index (κ3) is 2.08. The SMILES string of the molecule is COc1cccc2c1ccn2Cc1nc2ccccc2s1. The van der Waals surface area contributed by atoms with E-state index in [1.807, 2.05) is 18.2 Å². The summed E-state index contributed by atoms with van der Waals surface area (Å²) in [6, 6.07) is 16.5. The highest BCUT2D eigenvalue weighted by Gasteiger charge is 2.08. The van der Waals surface area contributed by atoms with Crippen LogP contribution >= 0.6 is 11.3 Å². The summed E-state index contributed by atoms with van der Waals surface area (Å²) in [4.78, 5) is 4.70. The Hall–Kier alpha value is -2.33. The van der Waals surface area contributed by atoms with E-state index in [0.717, 1.165) is 28.2 Å². The highest BCUT2D eigenvalue weighted by atomic mass is 32.1. The van der Waals surface area contributed by atoms with Crippen LogP contribution in [0.3, 0.4) is 0 Å². The molecular weight excluding hydrogens is 280 g/mol. The average Bonchev–Trinajstić information content (AvgIpc) is 3.11. The Labute approximate surface area is 126 Å². The van der Waals surface area contributed by atoms with Crippen molar-refractivity contribution in [3.63, 3.8) is 0 Å². The number of aromatic nitrogens is 2. The van der Waals surface area contributed by atoms with E-state index in [0.29, 0.717) is 0 Å². The molecule has 0 aliphatic rings. The maximum Gasteiger partial charge on any atom is 0.128 e. The van der Waals surface area contributed by atoms with Gasteiger partial charge in [-0.15, -0.1) is 11.3 Å². The average molecular weight is 294 g/mol. The number of benzene rings is 2. The van der Waals surface area contributed by atoms with Gasteiger partial charge in [-0.25, -0.2) is 4.98 Å². The second-order valence-corrected chi connectivity index (χ2v) is 6.03. The van der Waals surface area contributed by atoms with Crippen molar-refractivity contribution < 1.29 is 4.74 Å². The molecular formula is C17H14N2OS. The first kappa shape index (κ1) is 12.4. The topological polar surface area (TPSA) is 27.1 Å². The number of methoxy groups -OCH3 is 1. The Morgan fingerprint density at radius 2 is 2.00 bits per heavy atom. The molecule has 0 saturated heterocycles. The fourth-order valence-corrected chi connectivity index (χ4v) is 3.61. The van der Waals surface area contributed by atoms with E-state index in [9.17, 15) is 0 Å². The Kier molecular flexibility index (Phi) is 2.89. The molecule has 4 aromatic rings. The molecule has 0 bridgehead atoms. The molecule has 2 aromatic heterocycles. The number of ether oxygens (including phenoxy) is 1. The van der Waals surface area contributed by atoms with Crippen LogP contribution < -0.4 is 4.74 Å². The second-order valence-electron chi connectivity index (χ2n) is 4.91. The molecule has 4 heteroatoms. The zero-order valence-electron chi connectivity index (χ0n) is 11.6. The molecule has 0 radical (unpaired) electrons. The van der Waals surface area contributed by atoms with Gasteiger partial charge in [0.1, 0.15) is 10.8 Å². The number of nitrogens with zero attached hydrogens (tertiary/aromatic N) is 2. The van der Waals surface area contributed by atoms with Crippen molar-refractivity contribution >= 4 is 32.5 Å². The van der Waals surface area contributed by atoms with Crippen LogP contribution in [0, 0.1) is 0 Å². The van der Waals surface area contributed by atoms with Crippen LogP contribution in [-0.4, -0.2) is 16.7 Å². The Morgan fingerprint density at radius 3 is 2.86 bits per heavy atom. The smallest absolute Gasteiger partial charge is 0.128 e. The van der Waals surface area contributed by atoms with Crippen LogP contribution in [-0.2, 0) is 6.54 Å². The highest BCUT2D eigenvalue weighted by Crippen LogP contribution is 2.28. The van der Waals surface area contributed by atoms with Crippen LogP contribution in [0.1, 0.15) is 5.01 Å². The van der Waals surface area contributed by atoms with E-state index in [1.54, 1.807) is 18.4 Å². The van der Waals surface area contributed by atoms with Gasteiger partial charge in [-0.05, 0) is 30.3 Å². The lowest BCUT2D eigenvalue weighted by Gasteiger charge is -2.04. The first-order valence-electron chi connectivity index (χ1n) is 6.81. The molecule has 104 valence electrons. The van der Waals surface area contributed by atoms with Crippen LogP contribution in [0.15, 0.2) is 54.7 Å². The summed E-state index contributed by atoms with van der Waals surface area (Å²) < 4.78 is 8.87. The summed E-state index contributed by atoms with van der Waals surface area (Å²) in [6.45, 7) is 0.788. The summed E-state index contributed by atoms with van der Waals surface area (Å²) in [6.07, 6.45) is 2.10. The Morgan fingerprint density at radius 1 is 1.10 bits per heavy atom. The summed E-state index contributed by atoms with van der Waals surface area (Å²) in [5.74, 6) is 0.913. The standard InChI is InChI=1S/C17H14N2OS/c1-20-15-7-4-6-14-12(15)9-10-19(14)11-17-18-13-5-2-3-8-16(13)21-17/h2-10H,11H2,1H3. The second kappa shape index (κ2) is 4.90. The first-order chi connectivity index (χ1) is 10.3. The van der Waals surface area contributed by atoms with Crippen LogP contribution in [0.25, 0.3) is 21.1 Å². The van der Waals surface area contributed by atoms with Gasteiger partial charge >= 0.3 is 0 Å². The molecule has 21 heavy (non-hydrogen) atoms. The van der Waals surface area contributed by atoms with Gasteiger partial charge in [-0.3, -0.25) is 0 Å². The highest BCUT2D eigenvalue weighted by molar-refractivity contribution is 7.18. The summed E-state index contributed by atoms with van der Waals surface area (Å²) in [5, 5.41) is 2.26. The maximum absolute atomic E-state index is 5.41. The van der Waals surface area contributed by atoms with E-state index in [1.165, 1.54) is 10.2 Å². The van der Waals surface area contributed by atoms with Gasteiger partial charge in [0.25, 0.3) is 0 Å². The number of rotatable bonds is 3. The van der Waals surface area contributed by atoms with Crippen molar-refractivity contribution in [1.82, 2.24) is 9.55 Å². The largest absolute Gasteiger partial charge is 0.496 e. The normalized spacial score (nSPS) is 11.3. The third-order valence-corrected chi connectivity index (χ3v) is 4.66. The zero-order valence-corrected chi connectivity index (χ0v) is 12.4. The number of fused-ring (bicyclic) bond motifs is 2. The monoisotopic (exact) mass is 294 g/mol. The van der Waals surface area contributed by atoms with Crippen LogP contribution in [0.4, 0.5) is 0 Å². The summed E-state index contributed by atoms with van der Waals surface area (Å²) >= 11 is 1.75. The fraction of sp³-hybridized carbons (Fsp3) is 0.118. The molecule has 0 saturated carbocycles. The molecule has 2 aromatic carbocycles. The number of hydrogen-bond donors (Lipinski definition) is 0. The molecule has 0 unspecified atom stereocenters. The van der Waals surface area contributed by atoms with Crippen LogP contribution in [0.2, 0.25) is 0 Å². The summed E-state index contributed by atoms with van der Waals surface area (Å²) in [7, 11) is 1.71. The predicted molar refractivity (Wildman–Crippen MR) is 87.2 cm³/mol. The predicted octanol–water partition coefficient (Wildman–Crippen LogP) is 4.31. The van der Waals surface area contributed by atoms with E-state index in [-0.39, 0.29) is 0 Å². The minimum atomic E-state index is 0.788. The van der Waals surface area contributed by atoms with Gasteiger partial charge in [-0.1, -0.05) is 18.2 Å². The number of hydrogen-bond acceptors (Lipinski definition) is 3. The molecule has 0 spiro atoms. The molecule has 0 amide bonds. The van der Waals surface area contributed by atoms with Gasteiger partial charge in [0.15, 0.2) is 0 Å². The number of thiazole rings is 1. The number of para-hydroxylation sites is 1. The van der Waals surface area contributed by atoms with Gasteiger partial charge in [0, 0.05) is 11.6 Å². The van der Waals surface area contributed by atoms with Crippen molar-refractivity contribution in [2.24, 2.45) is 0 Å². The Bertz CT molecular complexity index is 890. The quantitative estimate of drug-likeness (QED) is 0.563. The van der Waals surface area contributed by atoms with Crippen molar-refractivity contribution in [3.8, 4) is 5.75 Å². The first-order valence-corrected chi connectivity index (χ1v) is 7.63. The minimum absolute atomic E-state index is 0.788. The van der Waals surface area contributed by atoms with Crippen molar-refractivity contribution in [2.75, 3.05) is 7.11 Å². The van der Waals surface area contributed by atoms with Crippen molar-refractivity contribution in [1.29, 1.82) is 0 Å². The van der Waals surface area contributed by atoms with Gasteiger partial charge in [0.2, 0.25) is 0 Å². The lowest BCUT2D eigenvalue weighted by molar-refractivity contribution is 0.420. The lowest BCUT2D eigenvalue weighted by atomic mass is 10.2. The van der Waals surface area contributed by atoms with Crippen molar-refractivity contribution in [3.05, 3.63) is 59.7 Å². The van der Waals surface area contributed by atoms with Crippen molar-refractivity contribution in [2.45, 2.75) is 6.54 Å². The van der Waals surface area contributed by atoms with E-state index in [4.69, 9.17) is 9.72 Å². The maximum atomic E-state index is 5.41. The Balaban J connectivity index is 1.77. The molecule has 4 rings (SSSR count). The van der Waals surface area contributed by atoms with Crippen LogP contribution in [0.5, 0.6) is 5.75 Å². The fourth-order valence-electron chi connectivity index (χ4n) is 2.64. The van der Waals surface area contributed by atoms with Gasteiger partial charge < -0.3 is 9.30 Å².